The Labute approximate surface area is 128 Å². The summed E-state index contributed by atoms with van der Waals surface area (Å²) in [5.41, 5.74) is 2.04. The molecule has 0 radical (unpaired) electrons. The van der Waals surface area contributed by atoms with E-state index in [0.29, 0.717) is 30.5 Å². The van der Waals surface area contributed by atoms with Gasteiger partial charge >= 0.3 is 0 Å². The van der Waals surface area contributed by atoms with Gasteiger partial charge in [0.2, 0.25) is 5.91 Å². The quantitative estimate of drug-likeness (QED) is 0.815. The molecule has 118 valence electrons. The van der Waals surface area contributed by atoms with Crippen molar-refractivity contribution in [3.8, 4) is 0 Å². The molecule has 1 saturated heterocycles. The van der Waals surface area contributed by atoms with Gasteiger partial charge in [0.1, 0.15) is 5.52 Å². The summed E-state index contributed by atoms with van der Waals surface area (Å²) in [5.74, 6) is 0.222. The highest BCUT2D eigenvalue weighted by Gasteiger charge is 2.19. The van der Waals surface area contributed by atoms with Crippen molar-refractivity contribution in [3.63, 3.8) is 0 Å². The predicted molar refractivity (Wildman–Crippen MR) is 82.6 cm³/mol. The summed E-state index contributed by atoms with van der Waals surface area (Å²) in [5, 5.41) is 4.35. The normalized spacial score (nSPS) is 15.2. The topological polar surface area (TPSA) is 73.0 Å². The van der Waals surface area contributed by atoms with Gasteiger partial charge in [-0.3, -0.25) is 18.8 Å². The molecule has 3 heterocycles. The van der Waals surface area contributed by atoms with Gasteiger partial charge in [0.15, 0.2) is 5.52 Å². The molecule has 1 amide bonds. The maximum Gasteiger partial charge on any atom is 0.279 e. The summed E-state index contributed by atoms with van der Waals surface area (Å²) in [6, 6.07) is 0. The maximum atomic E-state index is 12.6. The second kappa shape index (κ2) is 5.90. The number of aromatic nitrogens is 4. The molecular weight excluding hydrogens is 282 g/mol. The second-order valence-electron chi connectivity index (χ2n) is 5.70. The molecule has 2 aromatic rings. The Balaban J connectivity index is 1.77. The zero-order valence-electron chi connectivity index (χ0n) is 13.1. The minimum absolute atomic E-state index is 0.0625. The first-order chi connectivity index (χ1) is 10.6. The second-order valence-corrected chi connectivity index (χ2v) is 5.70. The lowest BCUT2D eigenvalue weighted by Gasteiger charge is -2.15. The molecule has 0 unspecified atom stereocenters. The van der Waals surface area contributed by atoms with Crippen LogP contribution in [0, 0.1) is 0 Å². The number of fused-ring (bicyclic) bond motifs is 1. The molecule has 7 heteroatoms. The van der Waals surface area contributed by atoms with Gasteiger partial charge in [0.05, 0.1) is 12.0 Å². The molecule has 0 aliphatic carbocycles. The van der Waals surface area contributed by atoms with Gasteiger partial charge in [-0.25, -0.2) is 4.98 Å². The number of carbonyl (C=O) groups is 1. The summed E-state index contributed by atoms with van der Waals surface area (Å²) in [4.78, 5) is 30.4. The third-order valence-electron chi connectivity index (χ3n) is 4.21. The largest absolute Gasteiger partial charge is 0.343 e. The Morgan fingerprint density at radius 2 is 2.09 bits per heavy atom. The zero-order valence-corrected chi connectivity index (χ0v) is 13.1. The van der Waals surface area contributed by atoms with E-state index in [1.807, 2.05) is 11.8 Å². The van der Waals surface area contributed by atoms with Crippen LogP contribution in [0.4, 0.5) is 0 Å². The molecule has 0 bridgehead atoms. The van der Waals surface area contributed by atoms with Crippen LogP contribution in [0.2, 0.25) is 0 Å². The Hall–Kier alpha value is -2.18. The molecule has 0 N–H and O–H groups in total. The van der Waals surface area contributed by atoms with Gasteiger partial charge in [0, 0.05) is 33.1 Å². The van der Waals surface area contributed by atoms with E-state index in [2.05, 4.69) is 10.1 Å². The van der Waals surface area contributed by atoms with Gasteiger partial charge in [-0.1, -0.05) is 6.92 Å². The average Bonchev–Trinajstić information content (AvgIpc) is 3.05. The Morgan fingerprint density at radius 1 is 1.27 bits per heavy atom. The lowest BCUT2D eigenvalue weighted by atomic mass is 10.3. The monoisotopic (exact) mass is 303 g/mol. The third-order valence-corrected chi connectivity index (χ3v) is 4.21. The minimum atomic E-state index is -0.0625. The van der Waals surface area contributed by atoms with Crippen molar-refractivity contribution in [2.24, 2.45) is 7.05 Å². The van der Waals surface area contributed by atoms with Gasteiger partial charge in [0.25, 0.3) is 5.56 Å². The van der Waals surface area contributed by atoms with Gasteiger partial charge in [-0.2, -0.15) is 5.10 Å². The number of hydrogen-bond donors (Lipinski definition) is 0. The number of aryl methyl sites for hydroxylation is 3. The van der Waals surface area contributed by atoms with Crippen molar-refractivity contribution in [3.05, 3.63) is 22.4 Å². The van der Waals surface area contributed by atoms with Crippen molar-refractivity contribution < 1.29 is 4.79 Å². The molecule has 0 spiro atoms. The number of likely N-dealkylation sites (tertiary alicyclic amines) is 1. The van der Waals surface area contributed by atoms with E-state index < -0.39 is 0 Å². The highest BCUT2D eigenvalue weighted by atomic mass is 16.2. The number of nitrogens with zero attached hydrogens (tertiary/aromatic N) is 5. The van der Waals surface area contributed by atoms with E-state index in [1.54, 1.807) is 22.6 Å². The van der Waals surface area contributed by atoms with Crippen LogP contribution in [0.5, 0.6) is 0 Å². The van der Waals surface area contributed by atoms with E-state index in [4.69, 9.17) is 0 Å². The predicted octanol–water partition coefficient (Wildman–Crippen LogP) is 0.705. The molecule has 7 nitrogen and oxygen atoms in total. The van der Waals surface area contributed by atoms with Crippen molar-refractivity contribution >= 4 is 16.9 Å². The van der Waals surface area contributed by atoms with E-state index >= 15 is 0 Å². The lowest BCUT2D eigenvalue weighted by molar-refractivity contribution is -0.127. The smallest absolute Gasteiger partial charge is 0.279 e. The summed E-state index contributed by atoms with van der Waals surface area (Å²) in [6.07, 6.45) is 4.71. The highest BCUT2D eigenvalue weighted by molar-refractivity contribution is 5.78. The van der Waals surface area contributed by atoms with Crippen molar-refractivity contribution in [2.45, 2.75) is 39.2 Å². The molecule has 1 fully saturated rings. The Morgan fingerprint density at radius 3 is 2.77 bits per heavy atom. The fraction of sp³-hybridized carbons (Fsp3) is 0.600. The van der Waals surface area contributed by atoms with Crippen LogP contribution in [0.1, 0.15) is 31.9 Å². The highest BCUT2D eigenvalue weighted by Crippen LogP contribution is 2.12. The van der Waals surface area contributed by atoms with Crippen LogP contribution in [0.25, 0.3) is 11.0 Å². The van der Waals surface area contributed by atoms with Crippen LogP contribution in [0.15, 0.2) is 11.1 Å². The lowest BCUT2D eigenvalue weighted by Crippen LogP contribution is -2.28. The van der Waals surface area contributed by atoms with Gasteiger partial charge in [-0.15, -0.1) is 0 Å². The van der Waals surface area contributed by atoms with Crippen LogP contribution in [-0.2, 0) is 24.8 Å². The number of rotatable bonds is 5. The van der Waals surface area contributed by atoms with E-state index in [9.17, 15) is 9.59 Å². The molecule has 3 rings (SSSR count). The number of carbonyl (C=O) groups excluding carboxylic acids is 1. The van der Waals surface area contributed by atoms with E-state index in [0.717, 1.165) is 31.5 Å². The zero-order chi connectivity index (χ0) is 15.7. The van der Waals surface area contributed by atoms with Crippen LogP contribution in [-0.4, -0.2) is 43.2 Å². The van der Waals surface area contributed by atoms with Crippen molar-refractivity contribution in [2.75, 3.05) is 13.1 Å². The van der Waals surface area contributed by atoms with Crippen LogP contribution in [0.3, 0.4) is 0 Å². The van der Waals surface area contributed by atoms with Crippen LogP contribution >= 0.6 is 0 Å². The molecule has 1 aliphatic heterocycles. The summed E-state index contributed by atoms with van der Waals surface area (Å²) in [7, 11) is 1.78. The first kappa shape index (κ1) is 14.7. The minimum Gasteiger partial charge on any atom is -0.343 e. The molecule has 1 aliphatic rings. The van der Waals surface area contributed by atoms with Crippen molar-refractivity contribution in [1.82, 2.24) is 24.2 Å². The average molecular weight is 303 g/mol. The summed E-state index contributed by atoms with van der Waals surface area (Å²) in [6.45, 7) is 4.11. The van der Waals surface area contributed by atoms with E-state index in [-0.39, 0.29) is 11.5 Å². The summed E-state index contributed by atoms with van der Waals surface area (Å²) < 4.78 is 3.23. The van der Waals surface area contributed by atoms with Crippen molar-refractivity contribution in [1.29, 1.82) is 0 Å². The molecular formula is C15H21N5O2. The SMILES string of the molecule is CCc1nn(C)c2c(=O)n(CCCN3CCCC3=O)cnc12. The first-order valence-corrected chi connectivity index (χ1v) is 7.80. The van der Waals surface area contributed by atoms with Crippen LogP contribution < -0.4 is 5.56 Å². The Kier molecular flexibility index (Phi) is 3.96. The van der Waals surface area contributed by atoms with Gasteiger partial charge < -0.3 is 4.90 Å². The molecule has 0 aromatic carbocycles. The third kappa shape index (κ3) is 2.51. The number of hydrogen-bond acceptors (Lipinski definition) is 4. The number of amides is 1. The molecule has 2 aromatic heterocycles. The summed E-state index contributed by atoms with van der Waals surface area (Å²) >= 11 is 0. The standard InChI is InChI=1S/C15H21N5O2/c1-3-11-13-14(18(2)17-11)15(22)20(10-16-13)9-5-8-19-7-4-6-12(19)21/h10H,3-9H2,1-2H3. The fourth-order valence-electron chi connectivity index (χ4n) is 3.03. The fourth-order valence-corrected chi connectivity index (χ4v) is 3.03. The molecule has 22 heavy (non-hydrogen) atoms. The molecule has 0 atom stereocenters. The first-order valence-electron chi connectivity index (χ1n) is 7.80. The van der Waals surface area contributed by atoms with E-state index in [1.165, 1.54) is 0 Å². The maximum absolute atomic E-state index is 12.6. The Bertz CT molecular complexity index is 761. The van der Waals surface area contributed by atoms with Gasteiger partial charge in [-0.05, 0) is 19.3 Å². The molecule has 0 saturated carbocycles.